The molecule has 1 aromatic heterocycles. The lowest BCUT2D eigenvalue weighted by Crippen LogP contribution is -2.03. The number of halogens is 1. The zero-order chi connectivity index (χ0) is 15.1. The van der Waals surface area contributed by atoms with Crippen LogP contribution in [0.1, 0.15) is 45.4 Å². The molecule has 6 heteroatoms. The van der Waals surface area contributed by atoms with E-state index in [-0.39, 0.29) is 0 Å². The van der Waals surface area contributed by atoms with Gasteiger partial charge in [-0.25, -0.2) is 4.68 Å². The van der Waals surface area contributed by atoms with Crippen LogP contribution in [0.3, 0.4) is 0 Å². The van der Waals surface area contributed by atoms with E-state index in [0.29, 0.717) is 10.7 Å². The SMILES string of the molecule is CCCCCCCCn1nnnc1-c1cc(N)cc(Cl)c1. The minimum atomic E-state index is 0.596. The summed E-state index contributed by atoms with van der Waals surface area (Å²) in [5.74, 6) is 0.720. The Hall–Kier alpha value is -1.62. The third kappa shape index (κ3) is 4.70. The Labute approximate surface area is 130 Å². The number of aromatic nitrogens is 4. The number of benzene rings is 1. The van der Waals surface area contributed by atoms with Crippen LogP contribution in [-0.4, -0.2) is 20.2 Å². The fourth-order valence-corrected chi connectivity index (χ4v) is 2.59. The van der Waals surface area contributed by atoms with Crippen molar-refractivity contribution in [3.05, 3.63) is 23.2 Å². The van der Waals surface area contributed by atoms with Crippen LogP contribution in [0.15, 0.2) is 18.2 Å². The lowest BCUT2D eigenvalue weighted by Gasteiger charge is -2.06. The molecule has 0 aliphatic heterocycles. The molecule has 1 heterocycles. The monoisotopic (exact) mass is 307 g/mol. The Bertz CT molecular complexity index is 547. The van der Waals surface area contributed by atoms with E-state index in [1.165, 1.54) is 32.1 Å². The van der Waals surface area contributed by atoms with Crippen LogP contribution in [0.4, 0.5) is 5.69 Å². The highest BCUT2D eigenvalue weighted by Crippen LogP contribution is 2.24. The van der Waals surface area contributed by atoms with Crippen LogP contribution < -0.4 is 5.73 Å². The normalized spacial score (nSPS) is 11.0. The Morgan fingerprint density at radius 2 is 1.86 bits per heavy atom. The Morgan fingerprint density at radius 1 is 1.10 bits per heavy atom. The second-order valence-corrected chi connectivity index (χ2v) is 5.70. The van der Waals surface area contributed by atoms with Crippen LogP contribution in [-0.2, 0) is 6.54 Å². The molecule has 2 aromatic rings. The predicted octanol–water partition coefficient (Wildman–Crippen LogP) is 3.94. The molecule has 0 aliphatic rings. The molecule has 2 N–H and O–H groups in total. The summed E-state index contributed by atoms with van der Waals surface area (Å²) in [5, 5.41) is 12.5. The molecular weight excluding hydrogens is 286 g/mol. The van der Waals surface area contributed by atoms with Gasteiger partial charge in [0.2, 0.25) is 0 Å². The fourth-order valence-electron chi connectivity index (χ4n) is 2.35. The van der Waals surface area contributed by atoms with Crippen LogP contribution in [0.25, 0.3) is 11.4 Å². The first-order valence-corrected chi connectivity index (χ1v) is 7.91. The number of hydrogen-bond donors (Lipinski definition) is 1. The van der Waals surface area contributed by atoms with Gasteiger partial charge in [0.1, 0.15) is 0 Å². The molecule has 1 aromatic carbocycles. The summed E-state index contributed by atoms with van der Waals surface area (Å²) in [5.41, 5.74) is 7.30. The van der Waals surface area contributed by atoms with Gasteiger partial charge in [0.05, 0.1) is 0 Å². The number of nitrogens with zero attached hydrogens (tertiary/aromatic N) is 4. The molecule has 0 unspecified atom stereocenters. The van der Waals surface area contributed by atoms with Crippen molar-refractivity contribution in [2.45, 2.75) is 52.0 Å². The molecule has 21 heavy (non-hydrogen) atoms. The number of hydrogen-bond acceptors (Lipinski definition) is 4. The van der Waals surface area contributed by atoms with Crippen molar-refractivity contribution in [3.8, 4) is 11.4 Å². The molecule has 0 amide bonds. The molecular formula is C15H22ClN5. The van der Waals surface area contributed by atoms with Crippen molar-refractivity contribution < 1.29 is 0 Å². The van der Waals surface area contributed by atoms with E-state index >= 15 is 0 Å². The van der Waals surface area contributed by atoms with Crippen molar-refractivity contribution in [1.29, 1.82) is 0 Å². The lowest BCUT2D eigenvalue weighted by molar-refractivity contribution is 0.519. The quantitative estimate of drug-likeness (QED) is 0.592. The highest BCUT2D eigenvalue weighted by atomic mass is 35.5. The first kappa shape index (κ1) is 15.8. The molecule has 0 saturated heterocycles. The Kier molecular flexibility index (Phi) is 5.99. The van der Waals surface area contributed by atoms with Crippen molar-refractivity contribution >= 4 is 17.3 Å². The minimum Gasteiger partial charge on any atom is -0.399 e. The van der Waals surface area contributed by atoms with E-state index in [2.05, 4.69) is 22.4 Å². The summed E-state index contributed by atoms with van der Waals surface area (Å²) in [6.07, 6.45) is 7.46. The summed E-state index contributed by atoms with van der Waals surface area (Å²) in [6, 6.07) is 5.39. The van der Waals surface area contributed by atoms with Gasteiger partial charge in [-0.1, -0.05) is 50.6 Å². The van der Waals surface area contributed by atoms with Gasteiger partial charge in [-0.05, 0) is 35.0 Å². The van der Waals surface area contributed by atoms with E-state index in [1.807, 2.05) is 16.8 Å². The standard InChI is InChI=1S/C15H22ClN5/c1-2-3-4-5-6-7-8-21-15(18-19-20-21)12-9-13(16)11-14(17)10-12/h9-11H,2-8,17H2,1H3. The van der Waals surface area contributed by atoms with Crippen molar-refractivity contribution in [2.75, 3.05) is 5.73 Å². The minimum absolute atomic E-state index is 0.596. The summed E-state index contributed by atoms with van der Waals surface area (Å²) in [7, 11) is 0. The molecule has 0 aliphatic carbocycles. The third-order valence-electron chi connectivity index (χ3n) is 3.43. The number of nitrogen functional groups attached to an aromatic ring is 1. The van der Waals surface area contributed by atoms with Gasteiger partial charge < -0.3 is 5.73 Å². The zero-order valence-corrected chi connectivity index (χ0v) is 13.2. The Balaban J connectivity index is 1.95. The maximum atomic E-state index is 6.04. The number of tetrazole rings is 1. The number of rotatable bonds is 8. The molecule has 0 radical (unpaired) electrons. The summed E-state index contributed by atoms with van der Waals surface area (Å²) in [4.78, 5) is 0. The summed E-state index contributed by atoms with van der Waals surface area (Å²) in [6.45, 7) is 3.05. The molecule has 5 nitrogen and oxygen atoms in total. The fraction of sp³-hybridized carbons (Fsp3) is 0.533. The molecule has 0 saturated carbocycles. The molecule has 2 rings (SSSR count). The molecule has 0 bridgehead atoms. The predicted molar refractivity (Wildman–Crippen MR) is 86.1 cm³/mol. The number of aryl methyl sites for hydroxylation is 1. The topological polar surface area (TPSA) is 69.6 Å². The summed E-state index contributed by atoms with van der Waals surface area (Å²) >= 11 is 6.04. The van der Waals surface area contributed by atoms with Gasteiger partial charge in [0, 0.05) is 22.8 Å². The highest BCUT2D eigenvalue weighted by molar-refractivity contribution is 6.31. The van der Waals surface area contributed by atoms with Crippen LogP contribution in [0, 0.1) is 0 Å². The maximum absolute atomic E-state index is 6.04. The lowest BCUT2D eigenvalue weighted by atomic mass is 10.1. The molecule has 0 fully saturated rings. The second kappa shape index (κ2) is 7.98. The van der Waals surface area contributed by atoms with E-state index in [4.69, 9.17) is 17.3 Å². The van der Waals surface area contributed by atoms with Crippen LogP contribution >= 0.6 is 11.6 Å². The molecule has 0 atom stereocenters. The first-order valence-electron chi connectivity index (χ1n) is 7.53. The van der Waals surface area contributed by atoms with E-state index in [1.54, 1.807) is 6.07 Å². The summed E-state index contributed by atoms with van der Waals surface area (Å²) < 4.78 is 1.82. The Morgan fingerprint density at radius 3 is 2.62 bits per heavy atom. The largest absolute Gasteiger partial charge is 0.399 e. The van der Waals surface area contributed by atoms with Gasteiger partial charge in [0.15, 0.2) is 5.82 Å². The van der Waals surface area contributed by atoms with Crippen molar-refractivity contribution in [2.24, 2.45) is 0 Å². The average molecular weight is 308 g/mol. The maximum Gasteiger partial charge on any atom is 0.182 e. The zero-order valence-electron chi connectivity index (χ0n) is 12.4. The highest BCUT2D eigenvalue weighted by Gasteiger charge is 2.10. The van der Waals surface area contributed by atoms with Gasteiger partial charge in [-0.15, -0.1) is 5.10 Å². The number of nitrogens with two attached hydrogens (primary N) is 1. The van der Waals surface area contributed by atoms with Gasteiger partial charge in [-0.2, -0.15) is 0 Å². The average Bonchev–Trinajstić information content (AvgIpc) is 2.90. The number of unbranched alkanes of at least 4 members (excludes halogenated alkanes) is 5. The van der Waals surface area contributed by atoms with Crippen molar-refractivity contribution in [1.82, 2.24) is 20.2 Å². The third-order valence-corrected chi connectivity index (χ3v) is 3.65. The first-order chi connectivity index (χ1) is 10.2. The van der Waals surface area contributed by atoms with Gasteiger partial charge in [0.25, 0.3) is 0 Å². The van der Waals surface area contributed by atoms with E-state index < -0.39 is 0 Å². The van der Waals surface area contributed by atoms with E-state index in [0.717, 1.165) is 24.4 Å². The molecule has 0 spiro atoms. The second-order valence-electron chi connectivity index (χ2n) is 5.27. The van der Waals surface area contributed by atoms with Gasteiger partial charge in [-0.3, -0.25) is 0 Å². The van der Waals surface area contributed by atoms with E-state index in [9.17, 15) is 0 Å². The molecule has 114 valence electrons. The van der Waals surface area contributed by atoms with Crippen LogP contribution in [0.5, 0.6) is 0 Å². The van der Waals surface area contributed by atoms with Gasteiger partial charge >= 0.3 is 0 Å². The number of anilines is 1. The van der Waals surface area contributed by atoms with Crippen molar-refractivity contribution in [3.63, 3.8) is 0 Å². The smallest absolute Gasteiger partial charge is 0.182 e. The van der Waals surface area contributed by atoms with Crippen LogP contribution in [0.2, 0.25) is 5.02 Å².